The van der Waals surface area contributed by atoms with Crippen molar-refractivity contribution < 1.29 is 0 Å². The molecular weight excluding hydrogens is 184 g/mol. The van der Waals surface area contributed by atoms with Crippen LogP contribution in [0.1, 0.15) is 52.4 Å². The topological polar surface area (TPSA) is 24.1 Å². The van der Waals surface area contributed by atoms with Gasteiger partial charge in [0.15, 0.2) is 0 Å². The number of hydrogen-bond acceptors (Lipinski definition) is 2. The standard InChI is InChI=1S/C13H28N2/c1-3-5-6-7-13-10-12(8-9-15-13)11-14-4-2/h12-15H,3-11H2,1-2H3. The van der Waals surface area contributed by atoms with Crippen molar-refractivity contribution in [2.24, 2.45) is 5.92 Å². The van der Waals surface area contributed by atoms with Crippen molar-refractivity contribution in [3.8, 4) is 0 Å². The summed E-state index contributed by atoms with van der Waals surface area (Å²) in [4.78, 5) is 0. The maximum absolute atomic E-state index is 3.66. The van der Waals surface area contributed by atoms with Gasteiger partial charge < -0.3 is 10.6 Å². The molecular formula is C13H28N2. The summed E-state index contributed by atoms with van der Waals surface area (Å²) in [6, 6.07) is 0.800. The zero-order valence-electron chi connectivity index (χ0n) is 10.5. The second kappa shape index (κ2) is 8.12. The lowest BCUT2D eigenvalue weighted by Crippen LogP contribution is -2.41. The van der Waals surface area contributed by atoms with Crippen molar-refractivity contribution in [1.29, 1.82) is 0 Å². The molecule has 1 fully saturated rings. The predicted molar refractivity (Wildman–Crippen MR) is 67.2 cm³/mol. The average molecular weight is 212 g/mol. The SMILES string of the molecule is CCCCCC1CC(CNCC)CCN1. The van der Waals surface area contributed by atoms with Crippen LogP contribution in [0.15, 0.2) is 0 Å². The molecule has 0 spiro atoms. The lowest BCUT2D eigenvalue weighted by atomic mass is 9.90. The van der Waals surface area contributed by atoms with Gasteiger partial charge in [-0.1, -0.05) is 33.1 Å². The summed E-state index contributed by atoms with van der Waals surface area (Å²) < 4.78 is 0. The van der Waals surface area contributed by atoms with E-state index in [1.165, 1.54) is 51.6 Å². The molecule has 2 unspecified atom stereocenters. The molecule has 15 heavy (non-hydrogen) atoms. The second-order valence-electron chi connectivity index (χ2n) is 4.84. The van der Waals surface area contributed by atoms with E-state index >= 15 is 0 Å². The summed E-state index contributed by atoms with van der Waals surface area (Å²) in [6.45, 7) is 8.04. The van der Waals surface area contributed by atoms with E-state index < -0.39 is 0 Å². The molecule has 2 N–H and O–H groups in total. The fourth-order valence-electron chi connectivity index (χ4n) is 2.49. The minimum absolute atomic E-state index is 0.800. The Morgan fingerprint density at radius 1 is 1.27 bits per heavy atom. The van der Waals surface area contributed by atoms with Gasteiger partial charge in [0.25, 0.3) is 0 Å². The molecule has 0 amide bonds. The zero-order valence-corrected chi connectivity index (χ0v) is 10.5. The van der Waals surface area contributed by atoms with Gasteiger partial charge in [0.05, 0.1) is 0 Å². The highest BCUT2D eigenvalue weighted by atomic mass is 14.9. The first-order valence-corrected chi connectivity index (χ1v) is 6.80. The van der Waals surface area contributed by atoms with Crippen molar-refractivity contribution in [3.05, 3.63) is 0 Å². The van der Waals surface area contributed by atoms with Crippen molar-refractivity contribution in [1.82, 2.24) is 10.6 Å². The smallest absolute Gasteiger partial charge is 0.00701 e. The molecule has 0 bridgehead atoms. The van der Waals surface area contributed by atoms with E-state index in [9.17, 15) is 0 Å². The van der Waals surface area contributed by atoms with Gasteiger partial charge in [-0.15, -0.1) is 0 Å². The molecule has 2 heteroatoms. The summed E-state index contributed by atoms with van der Waals surface area (Å²) in [5, 5.41) is 7.13. The predicted octanol–water partition coefficient (Wildman–Crippen LogP) is 2.54. The third-order valence-electron chi connectivity index (χ3n) is 3.44. The average Bonchev–Trinajstić information content (AvgIpc) is 2.27. The molecule has 90 valence electrons. The monoisotopic (exact) mass is 212 g/mol. The quantitative estimate of drug-likeness (QED) is 0.634. The van der Waals surface area contributed by atoms with E-state index in [2.05, 4.69) is 24.5 Å². The van der Waals surface area contributed by atoms with Crippen LogP contribution in [-0.2, 0) is 0 Å². The lowest BCUT2D eigenvalue weighted by Gasteiger charge is -2.30. The largest absolute Gasteiger partial charge is 0.317 e. The third kappa shape index (κ3) is 5.53. The van der Waals surface area contributed by atoms with Crippen LogP contribution in [0.3, 0.4) is 0 Å². The first-order chi connectivity index (χ1) is 7.36. The van der Waals surface area contributed by atoms with E-state index in [1.807, 2.05) is 0 Å². The molecule has 0 aromatic rings. The molecule has 1 aliphatic heterocycles. The van der Waals surface area contributed by atoms with Gasteiger partial charge in [-0.3, -0.25) is 0 Å². The van der Waals surface area contributed by atoms with E-state index in [0.29, 0.717) is 0 Å². The fourth-order valence-corrected chi connectivity index (χ4v) is 2.49. The van der Waals surface area contributed by atoms with Gasteiger partial charge in [-0.25, -0.2) is 0 Å². The molecule has 2 nitrogen and oxygen atoms in total. The molecule has 1 heterocycles. The molecule has 1 saturated heterocycles. The molecule has 0 saturated carbocycles. The first kappa shape index (κ1) is 13.0. The second-order valence-corrected chi connectivity index (χ2v) is 4.84. The van der Waals surface area contributed by atoms with E-state index in [-0.39, 0.29) is 0 Å². The van der Waals surface area contributed by atoms with Crippen LogP contribution >= 0.6 is 0 Å². The van der Waals surface area contributed by atoms with Gasteiger partial charge >= 0.3 is 0 Å². The van der Waals surface area contributed by atoms with Crippen molar-refractivity contribution >= 4 is 0 Å². The van der Waals surface area contributed by atoms with Crippen LogP contribution in [0.2, 0.25) is 0 Å². The van der Waals surface area contributed by atoms with Gasteiger partial charge in [-0.05, 0) is 44.8 Å². The normalized spacial score (nSPS) is 26.8. The maximum Gasteiger partial charge on any atom is 0.00701 e. The Kier molecular flexibility index (Phi) is 7.03. The highest BCUT2D eigenvalue weighted by Crippen LogP contribution is 2.19. The molecule has 1 aliphatic rings. The lowest BCUT2D eigenvalue weighted by molar-refractivity contribution is 0.279. The number of unbranched alkanes of at least 4 members (excludes halogenated alkanes) is 2. The van der Waals surface area contributed by atoms with E-state index in [1.54, 1.807) is 0 Å². The Morgan fingerprint density at radius 2 is 2.13 bits per heavy atom. The Hall–Kier alpha value is -0.0800. The number of piperidine rings is 1. The van der Waals surface area contributed by atoms with Crippen LogP contribution in [-0.4, -0.2) is 25.7 Å². The zero-order chi connectivity index (χ0) is 10.9. The molecule has 0 aromatic heterocycles. The Morgan fingerprint density at radius 3 is 2.87 bits per heavy atom. The van der Waals surface area contributed by atoms with E-state index in [0.717, 1.165) is 18.5 Å². The minimum atomic E-state index is 0.800. The van der Waals surface area contributed by atoms with Crippen LogP contribution in [0.5, 0.6) is 0 Å². The van der Waals surface area contributed by atoms with Crippen LogP contribution in [0.25, 0.3) is 0 Å². The Labute approximate surface area is 95.2 Å². The molecule has 1 rings (SSSR count). The summed E-state index contributed by atoms with van der Waals surface area (Å²) >= 11 is 0. The molecule has 0 aromatic carbocycles. The summed E-state index contributed by atoms with van der Waals surface area (Å²) in [6.07, 6.45) is 8.27. The molecule has 2 atom stereocenters. The van der Waals surface area contributed by atoms with Crippen molar-refractivity contribution in [3.63, 3.8) is 0 Å². The molecule has 0 aliphatic carbocycles. The Bertz CT molecular complexity index is 147. The van der Waals surface area contributed by atoms with Gasteiger partial charge in [0.2, 0.25) is 0 Å². The van der Waals surface area contributed by atoms with Gasteiger partial charge in [-0.2, -0.15) is 0 Å². The maximum atomic E-state index is 3.66. The van der Waals surface area contributed by atoms with Gasteiger partial charge in [0.1, 0.15) is 0 Å². The van der Waals surface area contributed by atoms with E-state index in [4.69, 9.17) is 0 Å². The highest BCUT2D eigenvalue weighted by molar-refractivity contribution is 4.79. The fraction of sp³-hybridized carbons (Fsp3) is 1.00. The van der Waals surface area contributed by atoms with Crippen LogP contribution in [0.4, 0.5) is 0 Å². The number of nitrogens with one attached hydrogen (secondary N) is 2. The summed E-state index contributed by atoms with van der Waals surface area (Å²) in [5.74, 6) is 0.915. The van der Waals surface area contributed by atoms with Crippen molar-refractivity contribution in [2.75, 3.05) is 19.6 Å². The number of hydrogen-bond donors (Lipinski definition) is 2. The van der Waals surface area contributed by atoms with Crippen molar-refractivity contribution in [2.45, 2.75) is 58.4 Å². The van der Waals surface area contributed by atoms with Crippen LogP contribution in [0, 0.1) is 5.92 Å². The van der Waals surface area contributed by atoms with Crippen LogP contribution < -0.4 is 10.6 Å². The summed E-state index contributed by atoms with van der Waals surface area (Å²) in [7, 11) is 0. The van der Waals surface area contributed by atoms with Gasteiger partial charge in [0, 0.05) is 6.04 Å². The molecule has 0 radical (unpaired) electrons. The Balaban J connectivity index is 2.11. The third-order valence-corrected chi connectivity index (χ3v) is 3.44. The highest BCUT2D eigenvalue weighted by Gasteiger charge is 2.20. The number of rotatable bonds is 7. The minimum Gasteiger partial charge on any atom is -0.317 e. The first-order valence-electron chi connectivity index (χ1n) is 6.80. The summed E-state index contributed by atoms with van der Waals surface area (Å²) in [5.41, 5.74) is 0.